The Morgan fingerprint density at radius 2 is 2.17 bits per heavy atom. The van der Waals surface area contributed by atoms with Crippen LogP contribution in [-0.2, 0) is 6.54 Å². The molecule has 0 unspecified atom stereocenters. The average Bonchev–Trinajstić information content (AvgIpc) is 2.89. The molecule has 2 aromatic heterocycles. The number of nitrogens with one attached hydrogen (secondary N) is 1. The quantitative estimate of drug-likeness (QED) is 0.762. The molecule has 3 aromatic rings. The van der Waals surface area contributed by atoms with Crippen LogP contribution in [0.5, 0.6) is 0 Å². The highest BCUT2D eigenvalue weighted by molar-refractivity contribution is 5.91. The van der Waals surface area contributed by atoms with Crippen molar-refractivity contribution in [2.75, 3.05) is 5.32 Å². The predicted octanol–water partition coefficient (Wildman–Crippen LogP) is 2.54. The van der Waals surface area contributed by atoms with Gasteiger partial charge in [-0.3, -0.25) is 4.98 Å². The van der Waals surface area contributed by atoms with Crippen LogP contribution in [0, 0.1) is 6.92 Å². The third-order valence-electron chi connectivity index (χ3n) is 2.69. The van der Waals surface area contributed by atoms with Gasteiger partial charge in [0.05, 0.1) is 12.1 Å². The lowest BCUT2D eigenvalue weighted by molar-refractivity contribution is 0.411. The smallest absolute Gasteiger partial charge is 0.213 e. The lowest BCUT2D eigenvalue weighted by Crippen LogP contribution is -2.02. The van der Waals surface area contributed by atoms with E-state index in [0.717, 1.165) is 22.3 Å². The van der Waals surface area contributed by atoms with Crippen LogP contribution in [0.25, 0.3) is 10.9 Å². The maximum atomic E-state index is 4.70. The molecular weight excluding hydrogens is 228 g/mol. The SMILES string of the molecule is Cc1cc(NCc2ncon2)c2ccccc2n1. The molecule has 2 heterocycles. The second-order valence-corrected chi connectivity index (χ2v) is 4.03. The second-order valence-electron chi connectivity index (χ2n) is 4.03. The summed E-state index contributed by atoms with van der Waals surface area (Å²) in [6.45, 7) is 2.51. The van der Waals surface area contributed by atoms with E-state index in [-0.39, 0.29) is 0 Å². The summed E-state index contributed by atoms with van der Waals surface area (Å²) in [6, 6.07) is 10.0. The Hall–Kier alpha value is -2.43. The van der Waals surface area contributed by atoms with Crippen molar-refractivity contribution < 1.29 is 4.52 Å². The Labute approximate surface area is 104 Å². The minimum atomic E-state index is 0.532. The average molecular weight is 240 g/mol. The van der Waals surface area contributed by atoms with Gasteiger partial charge in [0, 0.05) is 16.8 Å². The fraction of sp³-hybridized carbons (Fsp3) is 0.154. The normalized spacial score (nSPS) is 10.7. The van der Waals surface area contributed by atoms with E-state index in [1.807, 2.05) is 37.3 Å². The summed E-state index contributed by atoms with van der Waals surface area (Å²) in [6.07, 6.45) is 1.33. The summed E-state index contributed by atoms with van der Waals surface area (Å²) < 4.78 is 4.70. The highest BCUT2D eigenvalue weighted by Crippen LogP contribution is 2.23. The second kappa shape index (κ2) is 4.44. The molecule has 90 valence electrons. The number of benzene rings is 1. The van der Waals surface area contributed by atoms with Crippen molar-refractivity contribution in [3.8, 4) is 0 Å². The molecule has 0 aliphatic rings. The first-order chi connectivity index (χ1) is 8.83. The first kappa shape index (κ1) is 10.7. The molecule has 0 bridgehead atoms. The largest absolute Gasteiger partial charge is 0.377 e. The molecule has 0 radical (unpaired) electrons. The summed E-state index contributed by atoms with van der Waals surface area (Å²) in [5, 5.41) is 8.16. The van der Waals surface area contributed by atoms with E-state index in [1.165, 1.54) is 6.39 Å². The van der Waals surface area contributed by atoms with Crippen molar-refractivity contribution in [1.82, 2.24) is 15.1 Å². The van der Waals surface area contributed by atoms with Crippen LogP contribution < -0.4 is 5.32 Å². The van der Waals surface area contributed by atoms with Gasteiger partial charge in [-0.2, -0.15) is 4.98 Å². The number of aryl methyl sites for hydroxylation is 1. The molecule has 1 aromatic carbocycles. The number of hydrogen-bond donors (Lipinski definition) is 1. The molecule has 5 nitrogen and oxygen atoms in total. The zero-order chi connectivity index (χ0) is 12.4. The van der Waals surface area contributed by atoms with Gasteiger partial charge in [-0.05, 0) is 19.1 Å². The van der Waals surface area contributed by atoms with E-state index >= 15 is 0 Å². The number of pyridine rings is 1. The van der Waals surface area contributed by atoms with Crippen molar-refractivity contribution >= 4 is 16.6 Å². The van der Waals surface area contributed by atoms with Gasteiger partial charge in [0.2, 0.25) is 6.39 Å². The Kier molecular flexibility index (Phi) is 2.64. The van der Waals surface area contributed by atoms with Crippen molar-refractivity contribution in [2.45, 2.75) is 13.5 Å². The van der Waals surface area contributed by atoms with Gasteiger partial charge in [0.25, 0.3) is 0 Å². The van der Waals surface area contributed by atoms with Crippen LogP contribution >= 0.6 is 0 Å². The number of hydrogen-bond acceptors (Lipinski definition) is 5. The number of para-hydroxylation sites is 1. The van der Waals surface area contributed by atoms with Crippen LogP contribution in [0.3, 0.4) is 0 Å². The van der Waals surface area contributed by atoms with Gasteiger partial charge < -0.3 is 9.84 Å². The van der Waals surface area contributed by atoms with E-state index in [0.29, 0.717) is 12.4 Å². The molecule has 0 aliphatic heterocycles. The Balaban J connectivity index is 1.95. The monoisotopic (exact) mass is 240 g/mol. The fourth-order valence-electron chi connectivity index (χ4n) is 1.90. The third kappa shape index (κ3) is 2.02. The van der Waals surface area contributed by atoms with Gasteiger partial charge in [0.1, 0.15) is 0 Å². The number of fused-ring (bicyclic) bond motifs is 1. The molecule has 18 heavy (non-hydrogen) atoms. The first-order valence-corrected chi connectivity index (χ1v) is 5.68. The highest BCUT2D eigenvalue weighted by Gasteiger charge is 2.04. The number of rotatable bonds is 3. The lowest BCUT2D eigenvalue weighted by Gasteiger charge is -2.08. The van der Waals surface area contributed by atoms with Gasteiger partial charge in [-0.25, -0.2) is 0 Å². The van der Waals surface area contributed by atoms with Crippen LogP contribution in [-0.4, -0.2) is 15.1 Å². The molecule has 0 atom stereocenters. The zero-order valence-corrected chi connectivity index (χ0v) is 9.92. The Morgan fingerprint density at radius 3 is 3.00 bits per heavy atom. The van der Waals surface area contributed by atoms with Gasteiger partial charge in [0.15, 0.2) is 5.82 Å². The van der Waals surface area contributed by atoms with E-state index in [1.54, 1.807) is 0 Å². The molecule has 0 spiro atoms. The number of aromatic nitrogens is 3. The molecule has 5 heteroatoms. The maximum Gasteiger partial charge on any atom is 0.213 e. The summed E-state index contributed by atoms with van der Waals surface area (Å²) in [5.41, 5.74) is 2.99. The summed E-state index contributed by atoms with van der Waals surface area (Å²) in [5.74, 6) is 0.633. The Bertz CT molecular complexity index is 664. The molecular formula is C13H12N4O. The molecule has 0 amide bonds. The molecule has 0 fully saturated rings. The van der Waals surface area contributed by atoms with Gasteiger partial charge in [-0.1, -0.05) is 23.4 Å². The maximum absolute atomic E-state index is 4.70. The van der Waals surface area contributed by atoms with E-state index in [4.69, 9.17) is 4.52 Å². The lowest BCUT2D eigenvalue weighted by atomic mass is 10.1. The van der Waals surface area contributed by atoms with Crippen LogP contribution in [0.2, 0.25) is 0 Å². The van der Waals surface area contributed by atoms with Gasteiger partial charge in [-0.15, -0.1) is 0 Å². The van der Waals surface area contributed by atoms with E-state index in [9.17, 15) is 0 Å². The number of nitrogens with zero attached hydrogens (tertiary/aromatic N) is 3. The Morgan fingerprint density at radius 1 is 1.28 bits per heavy atom. The molecule has 0 saturated heterocycles. The van der Waals surface area contributed by atoms with Crippen LogP contribution in [0.1, 0.15) is 11.5 Å². The first-order valence-electron chi connectivity index (χ1n) is 5.68. The standard InChI is InChI=1S/C13H12N4O/c1-9-6-12(14-7-13-15-8-18-17-13)10-4-2-3-5-11(10)16-9/h2-6,8H,7H2,1H3,(H,14,16). The van der Waals surface area contributed by atoms with Gasteiger partial charge >= 0.3 is 0 Å². The molecule has 3 rings (SSSR count). The summed E-state index contributed by atoms with van der Waals surface area (Å²) in [4.78, 5) is 8.47. The molecule has 0 saturated carbocycles. The minimum Gasteiger partial charge on any atom is -0.377 e. The minimum absolute atomic E-state index is 0.532. The summed E-state index contributed by atoms with van der Waals surface area (Å²) in [7, 11) is 0. The van der Waals surface area contributed by atoms with Crippen molar-refractivity contribution in [3.63, 3.8) is 0 Å². The fourth-order valence-corrected chi connectivity index (χ4v) is 1.90. The van der Waals surface area contributed by atoms with E-state index < -0.39 is 0 Å². The summed E-state index contributed by atoms with van der Waals surface area (Å²) >= 11 is 0. The van der Waals surface area contributed by atoms with Crippen LogP contribution in [0.15, 0.2) is 41.2 Å². The topological polar surface area (TPSA) is 63.8 Å². The van der Waals surface area contributed by atoms with Crippen molar-refractivity contribution in [3.05, 3.63) is 48.2 Å². The zero-order valence-electron chi connectivity index (χ0n) is 9.92. The predicted molar refractivity (Wildman–Crippen MR) is 68.1 cm³/mol. The van der Waals surface area contributed by atoms with Crippen molar-refractivity contribution in [2.24, 2.45) is 0 Å². The highest BCUT2D eigenvalue weighted by atomic mass is 16.5. The molecule has 1 N–H and O–H groups in total. The molecule has 0 aliphatic carbocycles. The van der Waals surface area contributed by atoms with Crippen molar-refractivity contribution in [1.29, 1.82) is 0 Å². The third-order valence-corrected chi connectivity index (χ3v) is 2.69. The van der Waals surface area contributed by atoms with E-state index in [2.05, 4.69) is 20.4 Å². The van der Waals surface area contributed by atoms with Crippen LogP contribution in [0.4, 0.5) is 5.69 Å². The number of anilines is 1.